The minimum atomic E-state index is -0.393. The zero-order valence-corrected chi connectivity index (χ0v) is 11.3. The normalized spacial score (nSPS) is 25.1. The molecule has 0 saturated carbocycles. The summed E-state index contributed by atoms with van der Waals surface area (Å²) in [5.74, 6) is -0.158. The zero-order valence-electron chi connectivity index (χ0n) is 11.3. The second-order valence-electron chi connectivity index (χ2n) is 5.41. The maximum absolute atomic E-state index is 12.3. The number of nitrogens with one attached hydrogen (secondary N) is 3. The van der Waals surface area contributed by atoms with Gasteiger partial charge in [0.25, 0.3) is 0 Å². The molecule has 2 aliphatic heterocycles. The predicted octanol–water partition coefficient (Wildman–Crippen LogP) is 0.808. The standard InChI is InChI=1S/C15H19N3O2/c19-14-12(7-3-4-8-16-14)18-15(20)13-9-10-5-1-2-6-11(10)17-13/h1-2,5-6,12-13,17H,3-4,7-9H2,(H,16,19)(H,18,20). The third-order valence-corrected chi connectivity index (χ3v) is 3.94. The minimum Gasteiger partial charge on any atom is -0.373 e. The SMILES string of the molecule is O=C1NCCCCC1NC(=O)C1Cc2ccccc2N1. The molecule has 0 spiro atoms. The number of hydrogen-bond acceptors (Lipinski definition) is 3. The van der Waals surface area contributed by atoms with Crippen LogP contribution in [0.2, 0.25) is 0 Å². The van der Waals surface area contributed by atoms with E-state index in [1.165, 1.54) is 0 Å². The quantitative estimate of drug-likeness (QED) is 0.747. The van der Waals surface area contributed by atoms with Crippen LogP contribution in [0.4, 0.5) is 5.69 Å². The molecule has 1 saturated heterocycles. The molecule has 3 rings (SSSR count). The van der Waals surface area contributed by atoms with E-state index >= 15 is 0 Å². The van der Waals surface area contributed by atoms with Crippen molar-refractivity contribution < 1.29 is 9.59 Å². The Balaban J connectivity index is 1.62. The first-order valence-corrected chi connectivity index (χ1v) is 7.16. The van der Waals surface area contributed by atoms with E-state index in [1.807, 2.05) is 24.3 Å². The molecule has 1 aromatic carbocycles. The molecule has 0 radical (unpaired) electrons. The highest BCUT2D eigenvalue weighted by atomic mass is 16.2. The Hall–Kier alpha value is -2.04. The van der Waals surface area contributed by atoms with Crippen molar-refractivity contribution in [2.45, 2.75) is 37.8 Å². The van der Waals surface area contributed by atoms with Crippen LogP contribution in [-0.4, -0.2) is 30.4 Å². The van der Waals surface area contributed by atoms with Gasteiger partial charge in [0.15, 0.2) is 0 Å². The molecule has 5 heteroatoms. The molecule has 106 valence electrons. The lowest BCUT2D eigenvalue weighted by Crippen LogP contribution is -2.50. The van der Waals surface area contributed by atoms with Crippen molar-refractivity contribution in [2.24, 2.45) is 0 Å². The number of amides is 2. The van der Waals surface area contributed by atoms with Gasteiger partial charge >= 0.3 is 0 Å². The van der Waals surface area contributed by atoms with E-state index in [1.54, 1.807) is 0 Å². The first-order chi connectivity index (χ1) is 9.74. The highest BCUT2D eigenvalue weighted by molar-refractivity contribution is 5.92. The first-order valence-electron chi connectivity index (χ1n) is 7.16. The number of carbonyl (C=O) groups is 2. The summed E-state index contributed by atoms with van der Waals surface area (Å²) in [5.41, 5.74) is 2.16. The summed E-state index contributed by atoms with van der Waals surface area (Å²) in [7, 11) is 0. The van der Waals surface area contributed by atoms with E-state index in [4.69, 9.17) is 0 Å². The number of anilines is 1. The lowest BCUT2D eigenvalue weighted by atomic mass is 10.1. The van der Waals surface area contributed by atoms with Gasteiger partial charge in [0.2, 0.25) is 11.8 Å². The highest BCUT2D eigenvalue weighted by Crippen LogP contribution is 2.25. The molecule has 0 bridgehead atoms. The minimum absolute atomic E-state index is 0.0636. The first kappa shape index (κ1) is 13.0. The summed E-state index contributed by atoms with van der Waals surface area (Å²) in [6.45, 7) is 0.707. The van der Waals surface area contributed by atoms with Crippen LogP contribution >= 0.6 is 0 Å². The molecule has 2 amide bonds. The summed E-state index contributed by atoms with van der Waals surface area (Å²) >= 11 is 0. The van der Waals surface area contributed by atoms with Gasteiger partial charge < -0.3 is 16.0 Å². The van der Waals surface area contributed by atoms with E-state index in [9.17, 15) is 9.59 Å². The molecule has 5 nitrogen and oxygen atoms in total. The molecule has 1 aromatic rings. The van der Waals surface area contributed by atoms with Crippen molar-refractivity contribution in [2.75, 3.05) is 11.9 Å². The monoisotopic (exact) mass is 273 g/mol. The van der Waals surface area contributed by atoms with Gasteiger partial charge in [-0.2, -0.15) is 0 Å². The van der Waals surface area contributed by atoms with Crippen molar-refractivity contribution >= 4 is 17.5 Å². The van der Waals surface area contributed by atoms with Gasteiger partial charge in [0.1, 0.15) is 12.1 Å². The van der Waals surface area contributed by atoms with Gasteiger partial charge in [-0.25, -0.2) is 0 Å². The molecular formula is C15H19N3O2. The molecule has 2 atom stereocenters. The molecule has 2 unspecified atom stereocenters. The van der Waals surface area contributed by atoms with Crippen molar-refractivity contribution in [3.05, 3.63) is 29.8 Å². The Bertz CT molecular complexity index is 505. The molecule has 2 heterocycles. The number of benzene rings is 1. The van der Waals surface area contributed by atoms with Crippen molar-refractivity contribution in [1.29, 1.82) is 0 Å². The summed E-state index contributed by atoms with van der Waals surface area (Å²) in [4.78, 5) is 24.1. The second kappa shape index (κ2) is 5.53. The Morgan fingerprint density at radius 1 is 1.25 bits per heavy atom. The second-order valence-corrected chi connectivity index (χ2v) is 5.41. The van der Waals surface area contributed by atoms with Crippen LogP contribution in [0.3, 0.4) is 0 Å². The molecule has 20 heavy (non-hydrogen) atoms. The fourth-order valence-corrected chi connectivity index (χ4v) is 2.81. The van der Waals surface area contributed by atoms with Gasteiger partial charge in [0, 0.05) is 18.7 Å². The molecule has 3 N–H and O–H groups in total. The fraction of sp³-hybridized carbons (Fsp3) is 0.467. The maximum atomic E-state index is 12.3. The summed E-state index contributed by atoms with van der Waals surface area (Å²) < 4.78 is 0. The lowest BCUT2D eigenvalue weighted by molar-refractivity contribution is -0.129. The van der Waals surface area contributed by atoms with Gasteiger partial charge in [0.05, 0.1) is 0 Å². The summed E-state index contributed by atoms with van der Waals surface area (Å²) in [6, 6.07) is 7.25. The third kappa shape index (κ3) is 2.61. The lowest BCUT2D eigenvalue weighted by Gasteiger charge is -2.18. The Morgan fingerprint density at radius 3 is 2.95 bits per heavy atom. The number of rotatable bonds is 2. The van der Waals surface area contributed by atoms with E-state index in [0.29, 0.717) is 13.0 Å². The largest absolute Gasteiger partial charge is 0.373 e. The summed E-state index contributed by atoms with van der Waals surface area (Å²) in [6.07, 6.45) is 3.33. The average Bonchev–Trinajstić information content (AvgIpc) is 2.79. The van der Waals surface area contributed by atoms with E-state index < -0.39 is 6.04 Å². The number of fused-ring (bicyclic) bond motifs is 1. The molecule has 1 fully saturated rings. The Morgan fingerprint density at radius 2 is 2.10 bits per heavy atom. The van der Waals surface area contributed by atoms with Gasteiger partial charge in [-0.15, -0.1) is 0 Å². The van der Waals surface area contributed by atoms with Crippen LogP contribution in [0.1, 0.15) is 24.8 Å². The molecule has 0 aliphatic carbocycles. The van der Waals surface area contributed by atoms with Gasteiger partial charge in [-0.1, -0.05) is 18.2 Å². The topological polar surface area (TPSA) is 70.2 Å². The summed E-state index contributed by atoms with van der Waals surface area (Å²) in [5, 5.41) is 8.92. The van der Waals surface area contributed by atoms with E-state index in [-0.39, 0.29) is 17.9 Å². The van der Waals surface area contributed by atoms with E-state index in [0.717, 1.165) is 30.5 Å². The van der Waals surface area contributed by atoms with Crippen molar-refractivity contribution in [3.63, 3.8) is 0 Å². The Labute approximate surface area is 118 Å². The molecule has 0 aromatic heterocycles. The fourth-order valence-electron chi connectivity index (χ4n) is 2.81. The van der Waals surface area contributed by atoms with Crippen LogP contribution in [0, 0.1) is 0 Å². The zero-order chi connectivity index (χ0) is 13.9. The third-order valence-electron chi connectivity index (χ3n) is 3.94. The predicted molar refractivity (Wildman–Crippen MR) is 76.3 cm³/mol. The van der Waals surface area contributed by atoms with Crippen LogP contribution in [0.15, 0.2) is 24.3 Å². The van der Waals surface area contributed by atoms with E-state index in [2.05, 4.69) is 16.0 Å². The van der Waals surface area contributed by atoms with Gasteiger partial charge in [-0.3, -0.25) is 9.59 Å². The van der Waals surface area contributed by atoms with Crippen LogP contribution in [0.25, 0.3) is 0 Å². The van der Waals surface area contributed by atoms with Crippen LogP contribution in [-0.2, 0) is 16.0 Å². The van der Waals surface area contributed by atoms with Crippen molar-refractivity contribution in [1.82, 2.24) is 10.6 Å². The van der Waals surface area contributed by atoms with Crippen molar-refractivity contribution in [3.8, 4) is 0 Å². The highest BCUT2D eigenvalue weighted by Gasteiger charge is 2.30. The average molecular weight is 273 g/mol. The number of hydrogen-bond donors (Lipinski definition) is 3. The van der Waals surface area contributed by atoms with Gasteiger partial charge in [-0.05, 0) is 30.9 Å². The number of carbonyl (C=O) groups excluding carboxylic acids is 2. The molecule has 2 aliphatic rings. The molecular weight excluding hydrogens is 254 g/mol. The smallest absolute Gasteiger partial charge is 0.243 e. The Kier molecular flexibility index (Phi) is 3.58. The maximum Gasteiger partial charge on any atom is 0.243 e. The van der Waals surface area contributed by atoms with Crippen LogP contribution in [0.5, 0.6) is 0 Å². The van der Waals surface area contributed by atoms with Crippen LogP contribution < -0.4 is 16.0 Å². The number of para-hydroxylation sites is 1.